The van der Waals surface area contributed by atoms with Gasteiger partial charge >= 0.3 is 0 Å². The third-order valence-corrected chi connectivity index (χ3v) is 3.77. The molecule has 0 spiro atoms. The normalized spacial score (nSPS) is 16.2. The van der Waals surface area contributed by atoms with Crippen molar-refractivity contribution in [3.8, 4) is 0 Å². The summed E-state index contributed by atoms with van der Waals surface area (Å²) in [6, 6.07) is 8.69. The lowest BCUT2D eigenvalue weighted by Gasteiger charge is -2.29. The molecule has 1 unspecified atom stereocenters. The average molecular weight is 257 g/mol. The zero-order valence-corrected chi connectivity index (χ0v) is 11.2. The van der Waals surface area contributed by atoms with Crippen LogP contribution >= 0.6 is 0 Å². The Morgan fingerprint density at radius 3 is 2.79 bits per heavy atom. The fourth-order valence-corrected chi connectivity index (χ4v) is 2.45. The fraction of sp³-hybridized carbons (Fsp3) is 0.429. The van der Waals surface area contributed by atoms with Crippen LogP contribution in [0.1, 0.15) is 30.8 Å². The molecule has 19 heavy (non-hydrogen) atoms. The molecule has 3 rings (SSSR count). The molecule has 2 N–H and O–H groups in total. The van der Waals surface area contributed by atoms with Gasteiger partial charge in [0.05, 0.1) is 6.54 Å². The van der Waals surface area contributed by atoms with E-state index in [1.165, 1.54) is 11.3 Å². The molecule has 0 saturated carbocycles. The Balaban J connectivity index is 1.77. The summed E-state index contributed by atoms with van der Waals surface area (Å²) >= 11 is 0. The van der Waals surface area contributed by atoms with Crippen LogP contribution in [0.3, 0.4) is 0 Å². The highest BCUT2D eigenvalue weighted by molar-refractivity contribution is 5.48. The van der Waals surface area contributed by atoms with Gasteiger partial charge in [-0.25, -0.2) is 0 Å². The Hall–Kier alpha value is -1.88. The van der Waals surface area contributed by atoms with Gasteiger partial charge < -0.3 is 15.2 Å². The van der Waals surface area contributed by atoms with Gasteiger partial charge in [-0.1, -0.05) is 19.1 Å². The van der Waals surface area contributed by atoms with E-state index in [9.17, 15) is 0 Å². The molecule has 1 aliphatic rings. The lowest BCUT2D eigenvalue weighted by Crippen LogP contribution is -2.33. The van der Waals surface area contributed by atoms with Crippen LogP contribution in [-0.4, -0.2) is 21.3 Å². The second kappa shape index (κ2) is 5.01. The molecule has 0 fully saturated rings. The van der Waals surface area contributed by atoms with Crippen molar-refractivity contribution in [2.75, 3.05) is 11.4 Å². The first-order valence-corrected chi connectivity index (χ1v) is 6.75. The number of hydrogen-bond acceptors (Lipinski definition) is 4. The van der Waals surface area contributed by atoms with Gasteiger partial charge in [-0.15, -0.1) is 10.2 Å². The molecule has 1 aromatic carbocycles. The number of anilines is 1. The predicted octanol–water partition coefficient (Wildman–Crippen LogP) is 1.71. The fourth-order valence-electron chi connectivity index (χ4n) is 2.45. The highest BCUT2D eigenvalue weighted by Crippen LogP contribution is 2.22. The molecule has 2 aromatic rings. The first-order valence-electron chi connectivity index (χ1n) is 6.75. The maximum Gasteiger partial charge on any atom is 0.152 e. The van der Waals surface area contributed by atoms with Crippen molar-refractivity contribution in [1.82, 2.24) is 14.8 Å². The first kappa shape index (κ1) is 12.2. The van der Waals surface area contributed by atoms with Crippen molar-refractivity contribution in [2.45, 2.75) is 32.5 Å². The Bertz CT molecular complexity index is 545. The Kier molecular flexibility index (Phi) is 3.21. The largest absolute Gasteiger partial charge is 0.362 e. The molecule has 0 bridgehead atoms. The zero-order valence-electron chi connectivity index (χ0n) is 11.2. The molecular formula is C14H19N5. The molecule has 0 amide bonds. The second-order valence-electron chi connectivity index (χ2n) is 4.97. The lowest BCUT2D eigenvalue weighted by molar-refractivity contribution is 0.560. The Morgan fingerprint density at radius 1 is 1.26 bits per heavy atom. The third-order valence-electron chi connectivity index (χ3n) is 3.77. The van der Waals surface area contributed by atoms with Gasteiger partial charge in [0.2, 0.25) is 0 Å². The van der Waals surface area contributed by atoms with E-state index in [1.807, 2.05) is 0 Å². The number of aromatic nitrogens is 3. The minimum atomic E-state index is 0.138. The molecule has 0 aliphatic carbocycles. The number of nitrogens with two attached hydrogens (primary N) is 1. The van der Waals surface area contributed by atoms with Crippen LogP contribution < -0.4 is 10.6 Å². The van der Waals surface area contributed by atoms with Gasteiger partial charge in [0, 0.05) is 24.8 Å². The van der Waals surface area contributed by atoms with Crippen molar-refractivity contribution in [2.24, 2.45) is 5.73 Å². The molecular weight excluding hydrogens is 238 g/mol. The maximum absolute atomic E-state index is 6.04. The number of nitrogens with zero attached hydrogens (tertiary/aromatic N) is 4. The summed E-state index contributed by atoms with van der Waals surface area (Å²) in [6.45, 7) is 4.86. The maximum atomic E-state index is 6.04. The van der Waals surface area contributed by atoms with Crippen molar-refractivity contribution < 1.29 is 0 Å². The molecule has 1 aromatic heterocycles. The molecule has 5 heteroatoms. The molecule has 5 nitrogen and oxygen atoms in total. The SMILES string of the molecule is CCC(N)c1ccc(N2CCn3cnnc3C2)cc1. The third kappa shape index (κ3) is 2.33. The van der Waals surface area contributed by atoms with Crippen LogP contribution in [0.5, 0.6) is 0 Å². The summed E-state index contributed by atoms with van der Waals surface area (Å²) in [6.07, 6.45) is 2.77. The quantitative estimate of drug-likeness (QED) is 0.909. The summed E-state index contributed by atoms with van der Waals surface area (Å²) in [5, 5.41) is 8.09. The highest BCUT2D eigenvalue weighted by Gasteiger charge is 2.17. The topological polar surface area (TPSA) is 60.0 Å². The average Bonchev–Trinajstić information content (AvgIpc) is 2.94. The second-order valence-corrected chi connectivity index (χ2v) is 4.97. The minimum Gasteiger partial charge on any atom is -0.362 e. The zero-order chi connectivity index (χ0) is 13.2. The van der Waals surface area contributed by atoms with E-state index in [0.29, 0.717) is 0 Å². The van der Waals surface area contributed by atoms with E-state index in [2.05, 4.69) is 50.9 Å². The lowest BCUT2D eigenvalue weighted by atomic mass is 10.0. The van der Waals surface area contributed by atoms with Crippen molar-refractivity contribution in [3.63, 3.8) is 0 Å². The van der Waals surface area contributed by atoms with Gasteiger partial charge in [-0.3, -0.25) is 0 Å². The van der Waals surface area contributed by atoms with E-state index in [-0.39, 0.29) is 6.04 Å². The number of fused-ring (bicyclic) bond motifs is 1. The van der Waals surface area contributed by atoms with E-state index < -0.39 is 0 Å². The van der Waals surface area contributed by atoms with Crippen LogP contribution in [0.2, 0.25) is 0 Å². The smallest absolute Gasteiger partial charge is 0.152 e. The molecule has 0 saturated heterocycles. The highest BCUT2D eigenvalue weighted by atomic mass is 15.3. The first-order chi connectivity index (χ1) is 9.28. The van der Waals surface area contributed by atoms with Gasteiger partial charge in [0.15, 0.2) is 5.82 Å². The summed E-state index contributed by atoms with van der Waals surface area (Å²) in [5.74, 6) is 1.03. The van der Waals surface area contributed by atoms with E-state index >= 15 is 0 Å². The summed E-state index contributed by atoms with van der Waals surface area (Å²) < 4.78 is 2.11. The van der Waals surface area contributed by atoms with E-state index in [4.69, 9.17) is 5.73 Å². The number of benzene rings is 1. The Labute approximate surface area is 113 Å². The predicted molar refractivity (Wildman–Crippen MR) is 74.7 cm³/mol. The van der Waals surface area contributed by atoms with Crippen LogP contribution in [0, 0.1) is 0 Å². The molecule has 100 valence electrons. The summed E-state index contributed by atoms with van der Waals surface area (Å²) in [5.41, 5.74) is 8.46. The molecule has 2 heterocycles. The van der Waals surface area contributed by atoms with Crippen molar-refractivity contribution in [3.05, 3.63) is 42.0 Å². The van der Waals surface area contributed by atoms with Crippen LogP contribution in [0.4, 0.5) is 5.69 Å². The van der Waals surface area contributed by atoms with Crippen LogP contribution in [0.15, 0.2) is 30.6 Å². The number of hydrogen-bond donors (Lipinski definition) is 1. The van der Waals surface area contributed by atoms with Crippen molar-refractivity contribution >= 4 is 5.69 Å². The minimum absolute atomic E-state index is 0.138. The van der Waals surface area contributed by atoms with E-state index in [1.54, 1.807) is 6.33 Å². The molecule has 1 atom stereocenters. The summed E-state index contributed by atoms with van der Waals surface area (Å²) in [7, 11) is 0. The molecule has 0 radical (unpaired) electrons. The molecule has 1 aliphatic heterocycles. The monoisotopic (exact) mass is 257 g/mol. The van der Waals surface area contributed by atoms with Gasteiger partial charge in [-0.05, 0) is 24.1 Å². The van der Waals surface area contributed by atoms with Gasteiger partial charge in [-0.2, -0.15) is 0 Å². The number of rotatable bonds is 3. The summed E-state index contributed by atoms with van der Waals surface area (Å²) in [4.78, 5) is 2.32. The van der Waals surface area contributed by atoms with E-state index in [0.717, 1.165) is 31.9 Å². The van der Waals surface area contributed by atoms with Gasteiger partial charge in [0.25, 0.3) is 0 Å². The van der Waals surface area contributed by atoms with Crippen LogP contribution in [-0.2, 0) is 13.1 Å². The van der Waals surface area contributed by atoms with Gasteiger partial charge in [0.1, 0.15) is 6.33 Å². The van der Waals surface area contributed by atoms with Crippen LogP contribution in [0.25, 0.3) is 0 Å². The van der Waals surface area contributed by atoms with Crippen molar-refractivity contribution in [1.29, 1.82) is 0 Å². The Morgan fingerprint density at radius 2 is 2.05 bits per heavy atom. The standard InChI is InChI=1S/C14H19N5/c1-2-13(15)11-3-5-12(6-4-11)18-7-8-19-10-16-17-14(19)9-18/h3-6,10,13H,2,7-9,15H2,1H3.